The van der Waals surface area contributed by atoms with Crippen LogP contribution in [-0.4, -0.2) is 42.3 Å². The van der Waals surface area contributed by atoms with E-state index in [1.165, 1.54) is 11.0 Å². The van der Waals surface area contributed by atoms with E-state index >= 15 is 0 Å². The van der Waals surface area contributed by atoms with Crippen molar-refractivity contribution in [1.82, 2.24) is 10.3 Å². The van der Waals surface area contributed by atoms with Gasteiger partial charge in [0.2, 0.25) is 5.76 Å². The van der Waals surface area contributed by atoms with Gasteiger partial charge in [-0.05, 0) is 37.1 Å². The Morgan fingerprint density at radius 2 is 1.87 bits per heavy atom. The average molecular weight is 412 g/mol. The number of carbonyl (C=O) groups excluding carboxylic acids is 1. The monoisotopic (exact) mass is 411 g/mol. The largest absolute Gasteiger partial charge is 0.487 e. The van der Waals surface area contributed by atoms with Crippen LogP contribution in [0.2, 0.25) is 0 Å². The Hall–Kier alpha value is -3.35. The van der Waals surface area contributed by atoms with Gasteiger partial charge in [-0.15, -0.1) is 0 Å². The van der Waals surface area contributed by atoms with Gasteiger partial charge >= 0.3 is 12.0 Å². The number of carboxylic acids is 1. The molecule has 1 aromatic carbocycles. The molecule has 0 fully saturated rings. The van der Waals surface area contributed by atoms with Crippen LogP contribution in [0.5, 0.6) is 0 Å². The van der Waals surface area contributed by atoms with Gasteiger partial charge in [-0.1, -0.05) is 50.1 Å². The van der Waals surface area contributed by atoms with Crippen molar-refractivity contribution >= 4 is 23.9 Å². The maximum atomic E-state index is 12.3. The van der Waals surface area contributed by atoms with Gasteiger partial charge in [-0.2, -0.15) is 0 Å². The molecule has 0 bridgehead atoms. The summed E-state index contributed by atoms with van der Waals surface area (Å²) in [6.45, 7) is 4.79. The zero-order chi connectivity index (χ0) is 21.9. The van der Waals surface area contributed by atoms with Crippen molar-refractivity contribution in [3.8, 4) is 11.3 Å². The third-order valence-corrected chi connectivity index (χ3v) is 4.45. The quantitative estimate of drug-likeness (QED) is 0.340. The van der Waals surface area contributed by atoms with Crippen LogP contribution in [-0.2, 0) is 9.53 Å². The third-order valence-electron chi connectivity index (χ3n) is 4.45. The van der Waals surface area contributed by atoms with Crippen LogP contribution in [0.3, 0.4) is 0 Å². The number of nitrogens with one attached hydrogen (secondary N) is 1. The standard InChI is InChI=1S/C23H29N3O4/c1-4-6-7-15-24-23(29)26(3)21-10-8-9-19(25-21)18-13-11-17(12-14-18)16-20(22(27)28)30-5-2/h8-14,16H,4-7,15H2,1-3H3,(H,24,29)(H,27,28). The van der Waals surface area contributed by atoms with Gasteiger partial charge in [-0.25, -0.2) is 14.6 Å². The fourth-order valence-corrected chi connectivity index (χ4v) is 2.79. The molecule has 1 aromatic heterocycles. The van der Waals surface area contributed by atoms with Crippen molar-refractivity contribution in [3.63, 3.8) is 0 Å². The second kappa shape index (κ2) is 11.6. The number of pyridine rings is 1. The second-order valence-corrected chi connectivity index (χ2v) is 6.75. The minimum Gasteiger partial charge on any atom is -0.487 e. The number of carboxylic acid groups (broad SMARTS) is 1. The van der Waals surface area contributed by atoms with Gasteiger partial charge < -0.3 is 15.2 Å². The molecule has 7 heteroatoms. The van der Waals surface area contributed by atoms with Crippen LogP contribution in [0.15, 0.2) is 48.2 Å². The summed E-state index contributed by atoms with van der Waals surface area (Å²) in [6, 6.07) is 12.6. The number of anilines is 1. The Morgan fingerprint density at radius 3 is 2.50 bits per heavy atom. The number of carbonyl (C=O) groups is 2. The van der Waals surface area contributed by atoms with Crippen molar-refractivity contribution in [1.29, 1.82) is 0 Å². The summed E-state index contributed by atoms with van der Waals surface area (Å²) in [7, 11) is 1.69. The molecule has 0 saturated carbocycles. The molecule has 0 saturated heterocycles. The average Bonchev–Trinajstić information content (AvgIpc) is 2.76. The van der Waals surface area contributed by atoms with Crippen molar-refractivity contribution in [3.05, 3.63) is 53.8 Å². The molecule has 0 atom stereocenters. The van der Waals surface area contributed by atoms with Gasteiger partial charge in [0.15, 0.2) is 0 Å². The smallest absolute Gasteiger partial charge is 0.371 e. The number of unbranched alkanes of at least 4 members (excludes halogenated alkanes) is 2. The predicted octanol–water partition coefficient (Wildman–Crippen LogP) is 4.55. The number of urea groups is 1. The molecule has 2 amide bonds. The van der Waals surface area contributed by atoms with E-state index in [4.69, 9.17) is 9.84 Å². The number of aliphatic carboxylic acids is 1. The Morgan fingerprint density at radius 1 is 1.13 bits per heavy atom. The van der Waals surface area contributed by atoms with E-state index in [0.29, 0.717) is 17.9 Å². The summed E-state index contributed by atoms with van der Waals surface area (Å²) in [4.78, 5) is 29.6. The molecule has 7 nitrogen and oxygen atoms in total. The second-order valence-electron chi connectivity index (χ2n) is 6.75. The van der Waals surface area contributed by atoms with E-state index in [1.807, 2.05) is 24.3 Å². The first-order valence-electron chi connectivity index (χ1n) is 10.1. The van der Waals surface area contributed by atoms with Crippen LogP contribution in [0.4, 0.5) is 10.6 Å². The van der Waals surface area contributed by atoms with Gasteiger partial charge in [-0.3, -0.25) is 4.90 Å². The number of hydrogen-bond donors (Lipinski definition) is 2. The number of amides is 2. The fourth-order valence-electron chi connectivity index (χ4n) is 2.79. The maximum absolute atomic E-state index is 12.3. The molecule has 0 aliphatic heterocycles. The van der Waals surface area contributed by atoms with Crippen molar-refractivity contribution < 1.29 is 19.4 Å². The lowest BCUT2D eigenvalue weighted by Gasteiger charge is -2.18. The highest BCUT2D eigenvalue weighted by Gasteiger charge is 2.12. The summed E-state index contributed by atoms with van der Waals surface area (Å²) in [5, 5.41) is 12.1. The highest BCUT2D eigenvalue weighted by molar-refractivity contribution is 5.91. The normalized spacial score (nSPS) is 11.1. The predicted molar refractivity (Wildman–Crippen MR) is 118 cm³/mol. The lowest BCUT2D eigenvalue weighted by Crippen LogP contribution is -2.38. The van der Waals surface area contributed by atoms with Gasteiger partial charge in [0.05, 0.1) is 12.3 Å². The molecule has 0 aliphatic rings. The summed E-state index contributed by atoms with van der Waals surface area (Å²) in [5.74, 6) is -0.655. The highest BCUT2D eigenvalue weighted by atomic mass is 16.5. The number of benzene rings is 1. The van der Waals surface area contributed by atoms with E-state index in [9.17, 15) is 9.59 Å². The fraction of sp³-hybridized carbons (Fsp3) is 0.348. The number of rotatable bonds is 10. The van der Waals surface area contributed by atoms with Crippen LogP contribution in [0, 0.1) is 0 Å². The lowest BCUT2D eigenvalue weighted by atomic mass is 10.1. The van der Waals surface area contributed by atoms with E-state index in [2.05, 4.69) is 17.2 Å². The molecule has 1 heterocycles. The topological polar surface area (TPSA) is 91.8 Å². The number of aromatic nitrogens is 1. The van der Waals surface area contributed by atoms with Crippen molar-refractivity contribution in [2.75, 3.05) is 25.1 Å². The summed E-state index contributed by atoms with van der Waals surface area (Å²) in [5.41, 5.74) is 2.29. The Balaban J connectivity index is 2.12. The zero-order valence-electron chi connectivity index (χ0n) is 17.7. The Kier molecular flexibility index (Phi) is 8.87. The molecule has 0 spiro atoms. The number of ether oxygens (including phenoxy) is 1. The number of hydrogen-bond acceptors (Lipinski definition) is 4. The Labute approximate surface area is 177 Å². The SMILES string of the molecule is CCCCCNC(=O)N(C)c1cccc(-c2ccc(C=C(OCC)C(=O)O)cc2)n1. The number of nitrogens with zero attached hydrogens (tertiary/aromatic N) is 2. The van der Waals surface area contributed by atoms with E-state index < -0.39 is 5.97 Å². The third kappa shape index (κ3) is 6.62. The highest BCUT2D eigenvalue weighted by Crippen LogP contribution is 2.22. The van der Waals surface area contributed by atoms with Gasteiger partial charge in [0.25, 0.3) is 0 Å². The van der Waals surface area contributed by atoms with Crippen molar-refractivity contribution in [2.24, 2.45) is 0 Å². The molecule has 0 radical (unpaired) electrons. The Bertz CT molecular complexity index is 878. The minimum atomic E-state index is -1.11. The molecule has 2 aromatic rings. The van der Waals surface area contributed by atoms with Crippen molar-refractivity contribution in [2.45, 2.75) is 33.1 Å². The molecule has 0 unspecified atom stereocenters. The molecular weight excluding hydrogens is 382 g/mol. The molecule has 0 aliphatic carbocycles. The maximum Gasteiger partial charge on any atom is 0.371 e. The van der Waals surface area contributed by atoms with E-state index in [1.54, 1.807) is 32.2 Å². The van der Waals surface area contributed by atoms with E-state index in [-0.39, 0.29) is 18.4 Å². The minimum absolute atomic E-state index is 0.100. The van der Waals surface area contributed by atoms with E-state index in [0.717, 1.165) is 30.5 Å². The zero-order valence-corrected chi connectivity index (χ0v) is 17.7. The summed E-state index contributed by atoms with van der Waals surface area (Å²) in [6.07, 6.45) is 4.63. The van der Waals surface area contributed by atoms with Crippen LogP contribution < -0.4 is 10.2 Å². The van der Waals surface area contributed by atoms with Crippen LogP contribution in [0.25, 0.3) is 17.3 Å². The molecule has 2 rings (SSSR count). The lowest BCUT2D eigenvalue weighted by molar-refractivity contribution is -0.136. The molecule has 160 valence electrons. The molecular formula is C23H29N3O4. The first-order chi connectivity index (χ1) is 14.5. The molecule has 2 N–H and O–H groups in total. The summed E-state index contributed by atoms with van der Waals surface area (Å²) >= 11 is 0. The van der Waals surface area contributed by atoms with Crippen LogP contribution in [0.1, 0.15) is 38.7 Å². The van der Waals surface area contributed by atoms with Gasteiger partial charge in [0, 0.05) is 19.2 Å². The van der Waals surface area contributed by atoms with Crippen LogP contribution >= 0.6 is 0 Å². The van der Waals surface area contributed by atoms with Gasteiger partial charge in [0.1, 0.15) is 5.82 Å². The first-order valence-corrected chi connectivity index (χ1v) is 10.1. The first kappa shape index (κ1) is 22.9. The molecule has 30 heavy (non-hydrogen) atoms. The summed E-state index contributed by atoms with van der Waals surface area (Å²) < 4.78 is 5.13.